The lowest BCUT2D eigenvalue weighted by atomic mass is 10.0. The lowest BCUT2D eigenvalue weighted by molar-refractivity contribution is -0.135. The van der Waals surface area contributed by atoms with Crippen LogP contribution in [0.5, 0.6) is 0 Å². The van der Waals surface area contributed by atoms with Crippen LogP contribution in [0.2, 0.25) is 5.02 Å². The van der Waals surface area contributed by atoms with Gasteiger partial charge in [0.25, 0.3) is 5.91 Å². The van der Waals surface area contributed by atoms with Gasteiger partial charge in [-0.3, -0.25) is 4.79 Å². The van der Waals surface area contributed by atoms with Crippen molar-refractivity contribution in [2.75, 3.05) is 32.8 Å². The number of ether oxygens (including phenoxy) is 1. The van der Waals surface area contributed by atoms with Crippen LogP contribution in [0, 0.1) is 5.92 Å². The van der Waals surface area contributed by atoms with Gasteiger partial charge in [-0.25, -0.2) is 13.2 Å². The standard InChI is InChI=1S/C20H27ClN2O5S/c1-15-6-5-11-23(13-15)29(26,27)18-12-16(7-8-17(18)21)20(25)28-14-19(24)22-9-3-2-4-10-22/h7-8,12,15H,2-6,9-11,13-14H2,1H3. The van der Waals surface area contributed by atoms with Crippen LogP contribution < -0.4 is 0 Å². The van der Waals surface area contributed by atoms with Gasteiger partial charge in [0.1, 0.15) is 4.90 Å². The monoisotopic (exact) mass is 442 g/mol. The summed E-state index contributed by atoms with van der Waals surface area (Å²) >= 11 is 6.15. The molecule has 7 nitrogen and oxygen atoms in total. The minimum absolute atomic E-state index is 0.0594. The van der Waals surface area contributed by atoms with E-state index < -0.39 is 16.0 Å². The highest BCUT2D eigenvalue weighted by Crippen LogP contribution is 2.29. The van der Waals surface area contributed by atoms with Gasteiger partial charge < -0.3 is 9.64 Å². The van der Waals surface area contributed by atoms with Gasteiger partial charge in [0, 0.05) is 26.2 Å². The van der Waals surface area contributed by atoms with E-state index in [2.05, 4.69) is 0 Å². The highest BCUT2D eigenvalue weighted by Gasteiger charge is 2.31. The van der Waals surface area contributed by atoms with E-state index in [4.69, 9.17) is 16.3 Å². The number of amides is 1. The number of likely N-dealkylation sites (tertiary alicyclic amines) is 1. The Balaban J connectivity index is 1.70. The Kier molecular flexibility index (Phi) is 7.19. The molecule has 2 aliphatic rings. The van der Waals surface area contributed by atoms with Gasteiger partial charge in [-0.15, -0.1) is 0 Å². The molecule has 0 radical (unpaired) electrons. The molecule has 1 unspecified atom stereocenters. The largest absolute Gasteiger partial charge is 0.452 e. The van der Waals surface area contributed by atoms with Gasteiger partial charge in [0.15, 0.2) is 6.61 Å². The Bertz CT molecular complexity index is 868. The molecule has 0 saturated carbocycles. The lowest BCUT2D eigenvalue weighted by Crippen LogP contribution is -2.39. The van der Waals surface area contributed by atoms with Crippen molar-refractivity contribution in [2.24, 2.45) is 5.92 Å². The molecule has 0 aromatic heterocycles. The van der Waals surface area contributed by atoms with Crippen LogP contribution in [0.25, 0.3) is 0 Å². The minimum atomic E-state index is -3.81. The third kappa shape index (κ3) is 5.29. The SMILES string of the molecule is CC1CCCN(S(=O)(=O)c2cc(C(=O)OCC(=O)N3CCCCC3)ccc2Cl)C1. The van der Waals surface area contributed by atoms with Gasteiger partial charge >= 0.3 is 5.97 Å². The van der Waals surface area contributed by atoms with E-state index in [1.54, 1.807) is 4.90 Å². The van der Waals surface area contributed by atoms with Crippen molar-refractivity contribution in [3.63, 3.8) is 0 Å². The summed E-state index contributed by atoms with van der Waals surface area (Å²) in [5, 5.41) is 0.0594. The van der Waals surface area contributed by atoms with Crippen LogP contribution in [-0.4, -0.2) is 62.3 Å². The number of carbonyl (C=O) groups is 2. The predicted molar refractivity (Wildman–Crippen MR) is 109 cm³/mol. The zero-order chi connectivity index (χ0) is 21.0. The van der Waals surface area contributed by atoms with Crippen molar-refractivity contribution < 1.29 is 22.7 Å². The molecule has 2 heterocycles. The van der Waals surface area contributed by atoms with Crippen LogP contribution in [0.1, 0.15) is 49.4 Å². The first-order valence-electron chi connectivity index (χ1n) is 10.0. The molecule has 160 valence electrons. The number of piperidine rings is 2. The number of benzene rings is 1. The fourth-order valence-electron chi connectivity index (χ4n) is 3.78. The fraction of sp³-hybridized carbons (Fsp3) is 0.600. The third-order valence-corrected chi connectivity index (χ3v) is 7.79. The second-order valence-corrected chi connectivity index (χ2v) is 10.1. The molecule has 3 rings (SSSR count). The van der Waals surface area contributed by atoms with E-state index in [0.717, 1.165) is 32.1 Å². The van der Waals surface area contributed by atoms with E-state index in [-0.39, 0.29) is 33.9 Å². The highest BCUT2D eigenvalue weighted by molar-refractivity contribution is 7.89. The van der Waals surface area contributed by atoms with Crippen molar-refractivity contribution in [1.82, 2.24) is 9.21 Å². The van der Waals surface area contributed by atoms with Gasteiger partial charge in [0.2, 0.25) is 10.0 Å². The molecule has 0 bridgehead atoms. The summed E-state index contributed by atoms with van der Waals surface area (Å²) in [7, 11) is -3.81. The van der Waals surface area contributed by atoms with Crippen LogP contribution in [-0.2, 0) is 19.6 Å². The molecular weight excluding hydrogens is 416 g/mol. The van der Waals surface area contributed by atoms with Gasteiger partial charge in [0.05, 0.1) is 10.6 Å². The topological polar surface area (TPSA) is 84.0 Å². The number of hydrogen-bond donors (Lipinski definition) is 0. The maximum atomic E-state index is 13.0. The Labute approximate surface area is 177 Å². The first-order chi connectivity index (χ1) is 13.8. The van der Waals surface area contributed by atoms with E-state index in [0.29, 0.717) is 26.2 Å². The zero-order valence-electron chi connectivity index (χ0n) is 16.6. The van der Waals surface area contributed by atoms with Crippen LogP contribution >= 0.6 is 11.6 Å². The van der Waals surface area contributed by atoms with Crippen molar-refractivity contribution in [3.8, 4) is 0 Å². The van der Waals surface area contributed by atoms with E-state index in [9.17, 15) is 18.0 Å². The summed E-state index contributed by atoms with van der Waals surface area (Å²) in [5.74, 6) is -0.705. The Hall–Kier alpha value is -1.64. The Morgan fingerprint density at radius 3 is 2.55 bits per heavy atom. The minimum Gasteiger partial charge on any atom is -0.452 e. The first kappa shape index (κ1) is 22.1. The molecule has 1 atom stereocenters. The second-order valence-electron chi connectivity index (χ2n) is 7.77. The lowest BCUT2D eigenvalue weighted by Gasteiger charge is -2.30. The number of esters is 1. The van der Waals surface area contributed by atoms with Crippen molar-refractivity contribution >= 4 is 33.5 Å². The quantitative estimate of drug-likeness (QED) is 0.654. The first-order valence-corrected chi connectivity index (χ1v) is 11.9. The maximum Gasteiger partial charge on any atom is 0.338 e. The summed E-state index contributed by atoms with van der Waals surface area (Å²) < 4.78 is 32.6. The molecule has 1 amide bonds. The molecule has 2 aliphatic heterocycles. The van der Waals surface area contributed by atoms with Crippen molar-refractivity contribution in [2.45, 2.75) is 43.9 Å². The van der Waals surface area contributed by atoms with Gasteiger partial charge in [-0.2, -0.15) is 4.31 Å². The van der Waals surface area contributed by atoms with Crippen LogP contribution in [0.15, 0.2) is 23.1 Å². The number of halogens is 1. The molecule has 1 aromatic rings. The molecule has 0 aliphatic carbocycles. The summed E-state index contributed by atoms with van der Waals surface area (Å²) in [5.41, 5.74) is 0.0597. The van der Waals surface area contributed by atoms with Crippen molar-refractivity contribution in [1.29, 1.82) is 0 Å². The highest BCUT2D eigenvalue weighted by atomic mass is 35.5. The summed E-state index contributed by atoms with van der Waals surface area (Å²) in [6.45, 7) is 3.87. The van der Waals surface area contributed by atoms with Crippen LogP contribution in [0.3, 0.4) is 0 Å². The molecule has 9 heteroatoms. The average molecular weight is 443 g/mol. The van der Waals surface area contributed by atoms with Crippen molar-refractivity contribution in [3.05, 3.63) is 28.8 Å². The number of sulfonamides is 1. The fourth-order valence-corrected chi connectivity index (χ4v) is 5.88. The Morgan fingerprint density at radius 2 is 1.86 bits per heavy atom. The predicted octanol–water partition coefficient (Wildman–Crippen LogP) is 2.93. The third-order valence-electron chi connectivity index (χ3n) is 5.44. The summed E-state index contributed by atoms with van der Waals surface area (Å²) in [6.07, 6.45) is 4.78. The summed E-state index contributed by atoms with van der Waals surface area (Å²) in [4.78, 5) is 26.2. The maximum absolute atomic E-state index is 13.0. The van der Waals surface area contributed by atoms with E-state index in [1.807, 2.05) is 6.92 Å². The molecule has 2 fully saturated rings. The Morgan fingerprint density at radius 1 is 1.14 bits per heavy atom. The number of rotatable bonds is 5. The smallest absolute Gasteiger partial charge is 0.338 e. The number of hydrogen-bond acceptors (Lipinski definition) is 5. The molecule has 29 heavy (non-hydrogen) atoms. The normalized spacial score (nSPS) is 21.0. The summed E-state index contributed by atoms with van der Waals surface area (Å²) in [6, 6.07) is 4.03. The zero-order valence-corrected chi connectivity index (χ0v) is 18.2. The second kappa shape index (κ2) is 9.45. The number of nitrogens with zero attached hydrogens (tertiary/aromatic N) is 2. The molecular formula is C20H27ClN2O5S. The molecule has 1 aromatic carbocycles. The molecule has 2 saturated heterocycles. The van der Waals surface area contributed by atoms with E-state index >= 15 is 0 Å². The van der Waals surface area contributed by atoms with E-state index in [1.165, 1.54) is 22.5 Å². The van der Waals surface area contributed by atoms with Crippen LogP contribution in [0.4, 0.5) is 0 Å². The average Bonchev–Trinajstić information content (AvgIpc) is 2.72. The van der Waals surface area contributed by atoms with Gasteiger partial charge in [-0.05, 0) is 56.2 Å². The molecule has 0 N–H and O–H groups in total. The van der Waals surface area contributed by atoms with Gasteiger partial charge in [-0.1, -0.05) is 18.5 Å². The number of carbonyl (C=O) groups excluding carboxylic acids is 2. The molecule has 0 spiro atoms.